The smallest absolute Gasteiger partial charge is 0.335 e. The highest BCUT2D eigenvalue weighted by Crippen LogP contribution is 2.28. The zero-order chi connectivity index (χ0) is 22.3. The Kier molecular flexibility index (Phi) is 8.35. The Hall–Kier alpha value is -2.47. The van der Waals surface area contributed by atoms with Crippen LogP contribution in [0.2, 0.25) is 0 Å². The molecule has 0 amide bonds. The summed E-state index contributed by atoms with van der Waals surface area (Å²) in [5, 5.41) is 0. The second-order valence-electron chi connectivity index (χ2n) is 8.70. The predicted molar refractivity (Wildman–Crippen MR) is 118 cm³/mol. The average Bonchev–Trinajstić information content (AvgIpc) is 2.71. The van der Waals surface area contributed by atoms with Crippen molar-refractivity contribution in [1.29, 1.82) is 0 Å². The van der Waals surface area contributed by atoms with Crippen molar-refractivity contribution < 1.29 is 19.1 Å². The maximum atomic E-state index is 12.8. The van der Waals surface area contributed by atoms with Crippen molar-refractivity contribution in [2.75, 3.05) is 27.3 Å². The minimum Gasteiger partial charge on any atom is -0.469 e. The van der Waals surface area contributed by atoms with Gasteiger partial charge in [-0.1, -0.05) is 51.1 Å². The fraction of sp³-hybridized carbons (Fsp3) is 0.542. The molecule has 0 aromatic heterocycles. The molecule has 30 heavy (non-hydrogen) atoms. The molecule has 1 aromatic rings. The number of ether oxygens (including phenoxy) is 2. The van der Waals surface area contributed by atoms with Gasteiger partial charge in [-0.15, -0.1) is 0 Å². The van der Waals surface area contributed by atoms with Crippen LogP contribution in [0.5, 0.6) is 0 Å². The molecule has 164 valence electrons. The first kappa shape index (κ1) is 23.8. The van der Waals surface area contributed by atoms with Crippen molar-refractivity contribution in [3.8, 4) is 0 Å². The molecule has 0 aliphatic carbocycles. The van der Waals surface area contributed by atoms with E-state index in [-0.39, 0.29) is 24.4 Å². The lowest BCUT2D eigenvalue weighted by Gasteiger charge is -2.30. The number of esters is 2. The molecule has 6 heteroatoms. The van der Waals surface area contributed by atoms with E-state index in [1.54, 1.807) is 6.92 Å². The summed E-state index contributed by atoms with van der Waals surface area (Å²) in [6, 6.07) is 10.3. The van der Waals surface area contributed by atoms with Crippen LogP contribution in [0.15, 0.2) is 46.6 Å². The van der Waals surface area contributed by atoms with Crippen LogP contribution in [0, 0.1) is 11.3 Å². The number of nitrogens with zero attached hydrogens (tertiary/aromatic N) is 2. The molecule has 2 rings (SSSR count). The SMILES string of the molecule is CCC1=NC(C)=C(C(=O)OCC(C)(C)CN(C)Cc2ccccc2)CC1C(=O)OC. The molecule has 0 N–H and O–H groups in total. The Balaban J connectivity index is 1.97. The fourth-order valence-corrected chi connectivity index (χ4v) is 3.82. The zero-order valence-electron chi connectivity index (χ0n) is 19.0. The summed E-state index contributed by atoms with van der Waals surface area (Å²) in [5.41, 5.74) is 2.85. The summed E-state index contributed by atoms with van der Waals surface area (Å²) in [6.07, 6.45) is 0.915. The van der Waals surface area contributed by atoms with Crippen LogP contribution in [0.25, 0.3) is 0 Å². The van der Waals surface area contributed by atoms with Gasteiger partial charge in [0.1, 0.15) is 0 Å². The first-order chi connectivity index (χ1) is 14.2. The summed E-state index contributed by atoms with van der Waals surface area (Å²) in [4.78, 5) is 31.6. The van der Waals surface area contributed by atoms with Crippen LogP contribution in [0.3, 0.4) is 0 Å². The van der Waals surface area contributed by atoms with E-state index in [9.17, 15) is 9.59 Å². The Morgan fingerprint density at radius 3 is 2.50 bits per heavy atom. The van der Waals surface area contributed by atoms with E-state index in [0.717, 1.165) is 18.8 Å². The molecule has 1 atom stereocenters. The Labute approximate surface area is 180 Å². The van der Waals surface area contributed by atoms with E-state index in [2.05, 4.69) is 42.9 Å². The highest BCUT2D eigenvalue weighted by Gasteiger charge is 2.33. The predicted octanol–water partition coefficient (Wildman–Crippen LogP) is 4.01. The largest absolute Gasteiger partial charge is 0.469 e. The van der Waals surface area contributed by atoms with E-state index in [0.29, 0.717) is 17.7 Å². The number of benzene rings is 1. The minimum absolute atomic E-state index is 0.220. The number of methoxy groups -OCH3 is 1. The van der Waals surface area contributed by atoms with Gasteiger partial charge in [0, 0.05) is 29.9 Å². The summed E-state index contributed by atoms with van der Waals surface area (Å²) in [6.45, 7) is 9.78. The van der Waals surface area contributed by atoms with Crippen LogP contribution in [-0.4, -0.2) is 49.9 Å². The second-order valence-corrected chi connectivity index (χ2v) is 8.70. The molecule has 0 spiro atoms. The van der Waals surface area contributed by atoms with Gasteiger partial charge < -0.3 is 14.4 Å². The monoisotopic (exact) mass is 414 g/mol. The Morgan fingerprint density at radius 1 is 1.23 bits per heavy atom. The number of hydrogen-bond acceptors (Lipinski definition) is 6. The third-order valence-corrected chi connectivity index (χ3v) is 5.24. The van der Waals surface area contributed by atoms with Crippen molar-refractivity contribution in [3.05, 3.63) is 47.2 Å². The topological polar surface area (TPSA) is 68.2 Å². The maximum Gasteiger partial charge on any atom is 0.335 e. The molecule has 0 radical (unpaired) electrons. The third kappa shape index (κ3) is 6.52. The summed E-state index contributed by atoms with van der Waals surface area (Å²) in [5.74, 6) is -1.29. The molecule has 0 saturated carbocycles. The highest BCUT2D eigenvalue weighted by atomic mass is 16.5. The molecule has 1 heterocycles. The molecule has 6 nitrogen and oxygen atoms in total. The molecule has 1 aliphatic heterocycles. The molecule has 1 aromatic carbocycles. The van der Waals surface area contributed by atoms with Gasteiger partial charge >= 0.3 is 11.9 Å². The standard InChI is InChI=1S/C24H34N2O4/c1-7-21-20(22(27)29-6)13-19(17(2)25-21)23(28)30-16-24(3,4)15-26(5)14-18-11-9-8-10-12-18/h8-12,20H,7,13-16H2,1-6H3. The van der Waals surface area contributed by atoms with Gasteiger partial charge in [0.05, 0.1) is 25.2 Å². The molecule has 0 saturated heterocycles. The summed E-state index contributed by atoms with van der Waals surface area (Å²) >= 11 is 0. The van der Waals surface area contributed by atoms with Crippen molar-refractivity contribution in [3.63, 3.8) is 0 Å². The van der Waals surface area contributed by atoms with E-state index in [1.165, 1.54) is 12.7 Å². The van der Waals surface area contributed by atoms with Crippen LogP contribution < -0.4 is 0 Å². The number of rotatable bonds is 9. The molecule has 0 fully saturated rings. The normalized spacial score (nSPS) is 17.0. The number of allylic oxidation sites excluding steroid dienone is 1. The van der Waals surface area contributed by atoms with Gasteiger partial charge in [0.25, 0.3) is 0 Å². The lowest BCUT2D eigenvalue weighted by Crippen LogP contribution is -2.36. The molecule has 0 bridgehead atoms. The van der Waals surface area contributed by atoms with Gasteiger partial charge in [-0.2, -0.15) is 0 Å². The minimum atomic E-state index is -0.517. The van der Waals surface area contributed by atoms with E-state index >= 15 is 0 Å². The number of carbonyl (C=O) groups is 2. The lowest BCUT2D eigenvalue weighted by atomic mass is 9.89. The summed E-state index contributed by atoms with van der Waals surface area (Å²) < 4.78 is 10.5. The zero-order valence-corrected chi connectivity index (χ0v) is 19.0. The van der Waals surface area contributed by atoms with Crippen molar-refractivity contribution in [1.82, 2.24) is 4.90 Å². The molecule has 1 unspecified atom stereocenters. The van der Waals surface area contributed by atoms with Gasteiger partial charge in [-0.05, 0) is 32.4 Å². The first-order valence-electron chi connectivity index (χ1n) is 10.4. The Morgan fingerprint density at radius 2 is 1.90 bits per heavy atom. The van der Waals surface area contributed by atoms with E-state index in [4.69, 9.17) is 9.47 Å². The van der Waals surface area contributed by atoms with Crippen LogP contribution in [-0.2, 0) is 25.6 Å². The average molecular weight is 415 g/mol. The van der Waals surface area contributed by atoms with Crippen molar-refractivity contribution >= 4 is 17.7 Å². The van der Waals surface area contributed by atoms with Crippen LogP contribution in [0.1, 0.15) is 46.1 Å². The van der Waals surface area contributed by atoms with Gasteiger partial charge in [-0.25, -0.2) is 4.79 Å². The fourth-order valence-electron chi connectivity index (χ4n) is 3.82. The van der Waals surface area contributed by atoms with E-state index < -0.39 is 11.9 Å². The van der Waals surface area contributed by atoms with E-state index in [1.807, 2.05) is 25.1 Å². The molecular weight excluding hydrogens is 380 g/mol. The van der Waals surface area contributed by atoms with Crippen LogP contribution >= 0.6 is 0 Å². The first-order valence-corrected chi connectivity index (χ1v) is 10.4. The number of carbonyl (C=O) groups excluding carboxylic acids is 2. The van der Waals surface area contributed by atoms with Crippen molar-refractivity contribution in [2.45, 2.75) is 47.1 Å². The van der Waals surface area contributed by atoms with Gasteiger partial charge in [-0.3, -0.25) is 9.79 Å². The van der Waals surface area contributed by atoms with Gasteiger partial charge in [0.15, 0.2) is 0 Å². The lowest BCUT2D eigenvalue weighted by molar-refractivity contribution is -0.144. The number of hydrogen-bond donors (Lipinski definition) is 0. The quantitative estimate of drug-likeness (QED) is 0.571. The molecule has 1 aliphatic rings. The van der Waals surface area contributed by atoms with Crippen molar-refractivity contribution in [2.24, 2.45) is 16.3 Å². The van der Waals surface area contributed by atoms with Crippen LogP contribution in [0.4, 0.5) is 0 Å². The highest BCUT2D eigenvalue weighted by molar-refractivity contribution is 6.05. The maximum absolute atomic E-state index is 12.8. The Bertz CT molecular complexity index is 812. The number of aliphatic imine (C=N–C) groups is 1. The second kappa shape index (κ2) is 10.5. The van der Waals surface area contributed by atoms with Gasteiger partial charge in [0.2, 0.25) is 0 Å². The third-order valence-electron chi connectivity index (χ3n) is 5.24. The molecular formula is C24H34N2O4. The summed E-state index contributed by atoms with van der Waals surface area (Å²) in [7, 11) is 3.42.